The van der Waals surface area contributed by atoms with Gasteiger partial charge in [-0.05, 0) is 54.2 Å². The van der Waals surface area contributed by atoms with Gasteiger partial charge in [-0.2, -0.15) is 0 Å². The SMILES string of the molecule is COC(=O)C1(C)C(O)CCC2(C)c3ccc(C(C)C)cc3C(=O)CC21. The molecule has 0 spiro atoms. The van der Waals surface area contributed by atoms with Crippen molar-refractivity contribution in [2.75, 3.05) is 7.11 Å². The molecular formula is C21H28O4. The highest BCUT2D eigenvalue weighted by atomic mass is 16.5. The number of Topliss-reactive ketones (excluding diaryl/α,β-unsaturated/α-hetero) is 1. The molecular weight excluding hydrogens is 316 g/mol. The number of aliphatic hydroxyl groups excluding tert-OH is 1. The molecule has 1 aromatic carbocycles. The number of hydrogen-bond acceptors (Lipinski definition) is 4. The molecule has 4 heteroatoms. The topological polar surface area (TPSA) is 63.6 Å². The van der Waals surface area contributed by atoms with E-state index >= 15 is 0 Å². The van der Waals surface area contributed by atoms with Gasteiger partial charge < -0.3 is 9.84 Å². The minimum Gasteiger partial charge on any atom is -0.469 e. The molecule has 0 radical (unpaired) electrons. The van der Waals surface area contributed by atoms with Crippen LogP contribution in [0.4, 0.5) is 0 Å². The van der Waals surface area contributed by atoms with Gasteiger partial charge in [-0.25, -0.2) is 0 Å². The van der Waals surface area contributed by atoms with E-state index in [2.05, 4.69) is 32.9 Å². The first-order valence-corrected chi connectivity index (χ1v) is 9.10. The van der Waals surface area contributed by atoms with Crippen LogP contribution in [0, 0.1) is 11.3 Å². The lowest BCUT2D eigenvalue weighted by Gasteiger charge is -2.55. The molecule has 1 aromatic rings. The van der Waals surface area contributed by atoms with Crippen molar-refractivity contribution in [1.82, 2.24) is 0 Å². The molecule has 4 nitrogen and oxygen atoms in total. The highest BCUT2D eigenvalue weighted by molar-refractivity contribution is 6.00. The summed E-state index contributed by atoms with van der Waals surface area (Å²) in [5, 5.41) is 10.6. The lowest BCUT2D eigenvalue weighted by Crippen LogP contribution is -2.59. The first-order valence-electron chi connectivity index (χ1n) is 9.10. The van der Waals surface area contributed by atoms with Crippen molar-refractivity contribution < 1.29 is 19.4 Å². The van der Waals surface area contributed by atoms with Crippen LogP contribution >= 0.6 is 0 Å². The minimum absolute atomic E-state index is 0.0594. The molecule has 136 valence electrons. The van der Waals surface area contributed by atoms with Gasteiger partial charge in [-0.15, -0.1) is 0 Å². The number of aliphatic hydroxyl groups is 1. The lowest BCUT2D eigenvalue weighted by atomic mass is 9.48. The number of carbonyl (C=O) groups is 2. The Bertz CT molecular complexity index is 723. The second-order valence-electron chi connectivity index (χ2n) is 8.39. The molecule has 2 aliphatic carbocycles. The van der Waals surface area contributed by atoms with E-state index in [0.717, 1.165) is 23.1 Å². The van der Waals surface area contributed by atoms with Crippen molar-refractivity contribution in [3.8, 4) is 0 Å². The highest BCUT2D eigenvalue weighted by Crippen LogP contribution is 2.57. The molecule has 0 aromatic heterocycles. The van der Waals surface area contributed by atoms with E-state index in [1.807, 2.05) is 6.07 Å². The van der Waals surface area contributed by atoms with Crippen LogP contribution in [0.1, 0.15) is 74.4 Å². The number of esters is 1. The van der Waals surface area contributed by atoms with Gasteiger partial charge in [0, 0.05) is 12.0 Å². The standard InChI is InChI=1S/C21H28O4/c1-12(2)13-6-7-15-14(10-13)16(22)11-17-20(15,3)9-8-18(23)21(17,4)19(24)25-5/h6-7,10,12,17-18,23H,8-9,11H2,1-5H3. The van der Waals surface area contributed by atoms with E-state index in [-0.39, 0.29) is 23.5 Å². The Morgan fingerprint density at radius 3 is 2.60 bits per heavy atom. The summed E-state index contributed by atoms with van der Waals surface area (Å²) in [5.74, 6) is -0.270. The van der Waals surface area contributed by atoms with Gasteiger partial charge in [0.15, 0.2) is 5.78 Å². The van der Waals surface area contributed by atoms with E-state index < -0.39 is 17.5 Å². The fraction of sp³-hybridized carbons (Fsp3) is 0.619. The summed E-state index contributed by atoms with van der Waals surface area (Å²) in [7, 11) is 1.35. The van der Waals surface area contributed by atoms with Gasteiger partial charge in [0.25, 0.3) is 0 Å². The Morgan fingerprint density at radius 1 is 1.32 bits per heavy atom. The average Bonchev–Trinajstić information content (AvgIpc) is 2.60. The molecule has 0 aliphatic heterocycles. The molecule has 0 amide bonds. The summed E-state index contributed by atoms with van der Waals surface area (Å²) in [5.41, 5.74) is 1.57. The molecule has 3 rings (SSSR count). The van der Waals surface area contributed by atoms with E-state index in [9.17, 15) is 14.7 Å². The van der Waals surface area contributed by atoms with Gasteiger partial charge in [-0.1, -0.05) is 32.9 Å². The van der Waals surface area contributed by atoms with Crippen molar-refractivity contribution in [3.05, 3.63) is 34.9 Å². The van der Waals surface area contributed by atoms with Gasteiger partial charge in [0.1, 0.15) is 0 Å². The second kappa shape index (κ2) is 5.94. The smallest absolute Gasteiger partial charge is 0.314 e. The Hall–Kier alpha value is -1.68. The zero-order valence-corrected chi connectivity index (χ0v) is 15.8. The maximum atomic E-state index is 12.9. The molecule has 1 saturated carbocycles. The Kier molecular flexibility index (Phi) is 4.31. The third-order valence-electron chi connectivity index (χ3n) is 6.76. The second-order valence-corrected chi connectivity index (χ2v) is 8.39. The largest absolute Gasteiger partial charge is 0.469 e. The lowest BCUT2D eigenvalue weighted by molar-refractivity contribution is -0.174. The zero-order valence-electron chi connectivity index (χ0n) is 15.8. The Labute approximate surface area is 149 Å². The summed E-state index contributed by atoms with van der Waals surface area (Å²) >= 11 is 0. The van der Waals surface area contributed by atoms with Gasteiger partial charge in [-0.3, -0.25) is 9.59 Å². The van der Waals surface area contributed by atoms with E-state index in [1.165, 1.54) is 7.11 Å². The van der Waals surface area contributed by atoms with E-state index in [4.69, 9.17) is 4.74 Å². The third kappa shape index (κ3) is 2.45. The van der Waals surface area contributed by atoms with Crippen molar-refractivity contribution in [2.24, 2.45) is 11.3 Å². The molecule has 2 aliphatic rings. The summed E-state index contributed by atoms with van der Waals surface area (Å²) in [6.45, 7) is 8.12. The summed E-state index contributed by atoms with van der Waals surface area (Å²) < 4.78 is 5.02. The summed E-state index contributed by atoms with van der Waals surface area (Å²) in [6.07, 6.45) is 0.765. The van der Waals surface area contributed by atoms with Crippen molar-refractivity contribution in [3.63, 3.8) is 0 Å². The number of ether oxygens (including phenoxy) is 1. The summed E-state index contributed by atoms with van der Waals surface area (Å²) in [4.78, 5) is 25.5. The first-order chi connectivity index (χ1) is 11.7. The fourth-order valence-corrected chi connectivity index (χ4v) is 5.01. The highest BCUT2D eigenvalue weighted by Gasteiger charge is 2.61. The van der Waals surface area contributed by atoms with Crippen LogP contribution in [0.5, 0.6) is 0 Å². The third-order valence-corrected chi connectivity index (χ3v) is 6.76. The van der Waals surface area contributed by atoms with Crippen molar-refractivity contribution in [2.45, 2.75) is 64.4 Å². The number of rotatable bonds is 2. The first kappa shape index (κ1) is 18.1. The van der Waals surface area contributed by atoms with Crippen molar-refractivity contribution in [1.29, 1.82) is 0 Å². The normalized spacial score (nSPS) is 34.4. The average molecular weight is 344 g/mol. The fourth-order valence-electron chi connectivity index (χ4n) is 5.01. The molecule has 0 heterocycles. The van der Waals surface area contributed by atoms with Gasteiger partial charge in [0.05, 0.1) is 18.6 Å². The molecule has 0 bridgehead atoms. The number of ketones is 1. The minimum atomic E-state index is -1.06. The molecule has 0 saturated heterocycles. The molecule has 25 heavy (non-hydrogen) atoms. The number of benzene rings is 1. The molecule has 1 fully saturated rings. The quantitative estimate of drug-likeness (QED) is 0.833. The number of carbonyl (C=O) groups excluding carboxylic acids is 2. The monoisotopic (exact) mass is 344 g/mol. The predicted molar refractivity (Wildman–Crippen MR) is 95.7 cm³/mol. The molecule has 4 unspecified atom stereocenters. The van der Waals surface area contributed by atoms with E-state index in [1.54, 1.807) is 6.92 Å². The molecule has 4 atom stereocenters. The molecule has 1 N–H and O–H groups in total. The van der Waals surface area contributed by atoms with Crippen LogP contribution < -0.4 is 0 Å². The van der Waals surface area contributed by atoms with Crippen LogP contribution in [-0.2, 0) is 14.9 Å². The van der Waals surface area contributed by atoms with Crippen LogP contribution in [0.15, 0.2) is 18.2 Å². The Balaban J connectivity index is 2.16. The van der Waals surface area contributed by atoms with Gasteiger partial charge in [0.2, 0.25) is 0 Å². The van der Waals surface area contributed by atoms with Crippen LogP contribution in [0.3, 0.4) is 0 Å². The zero-order chi connectivity index (χ0) is 18.6. The maximum Gasteiger partial charge on any atom is 0.314 e. The Morgan fingerprint density at radius 2 is 2.00 bits per heavy atom. The summed E-state index contributed by atoms with van der Waals surface area (Å²) in [6, 6.07) is 6.17. The van der Waals surface area contributed by atoms with Crippen LogP contribution in [0.2, 0.25) is 0 Å². The van der Waals surface area contributed by atoms with Crippen LogP contribution in [0.25, 0.3) is 0 Å². The van der Waals surface area contributed by atoms with Gasteiger partial charge >= 0.3 is 5.97 Å². The van der Waals surface area contributed by atoms with E-state index in [0.29, 0.717) is 12.3 Å². The number of hydrogen-bond donors (Lipinski definition) is 1. The van der Waals surface area contributed by atoms with Crippen LogP contribution in [-0.4, -0.2) is 30.1 Å². The maximum absolute atomic E-state index is 12.9. The van der Waals surface area contributed by atoms with Crippen molar-refractivity contribution >= 4 is 11.8 Å². The number of methoxy groups -OCH3 is 1. The predicted octanol–water partition coefficient (Wildman–Crippen LogP) is 3.60. The number of fused-ring (bicyclic) bond motifs is 3.